The monoisotopic (exact) mass is 356 g/mol. The standard InChI is InChI=1S/C12H9IN2OS/c13-10-5-2-1-4-9(10)8-14-15-12(16)11-6-3-7-17-11/h1-8H,(H,15,16)/b14-8+. The van der Waals surface area contributed by atoms with E-state index in [1.807, 2.05) is 35.7 Å². The second-order valence-electron chi connectivity index (χ2n) is 3.20. The summed E-state index contributed by atoms with van der Waals surface area (Å²) in [7, 11) is 0. The molecule has 0 saturated carbocycles. The van der Waals surface area contributed by atoms with Gasteiger partial charge < -0.3 is 0 Å². The molecule has 0 aliphatic carbocycles. The van der Waals surface area contributed by atoms with Crippen LogP contribution in [0.1, 0.15) is 15.2 Å². The van der Waals surface area contributed by atoms with Crippen molar-refractivity contribution in [3.8, 4) is 0 Å². The zero-order chi connectivity index (χ0) is 12.1. The first-order chi connectivity index (χ1) is 8.27. The summed E-state index contributed by atoms with van der Waals surface area (Å²) in [6, 6.07) is 11.4. The summed E-state index contributed by atoms with van der Waals surface area (Å²) in [6.07, 6.45) is 1.65. The maximum Gasteiger partial charge on any atom is 0.281 e. The minimum Gasteiger partial charge on any atom is -0.266 e. The average molecular weight is 356 g/mol. The molecule has 0 aliphatic heterocycles. The fraction of sp³-hybridized carbons (Fsp3) is 0. The number of amides is 1. The van der Waals surface area contributed by atoms with E-state index in [-0.39, 0.29) is 5.91 Å². The molecule has 0 bridgehead atoms. The van der Waals surface area contributed by atoms with E-state index in [1.165, 1.54) is 11.3 Å². The van der Waals surface area contributed by atoms with Gasteiger partial charge in [0.1, 0.15) is 0 Å². The van der Waals surface area contributed by atoms with Crippen LogP contribution in [0.4, 0.5) is 0 Å². The second-order valence-corrected chi connectivity index (χ2v) is 5.31. The number of thiophene rings is 1. The molecule has 86 valence electrons. The van der Waals surface area contributed by atoms with Crippen LogP contribution in [0, 0.1) is 3.57 Å². The molecule has 2 aromatic rings. The molecular formula is C12H9IN2OS. The van der Waals surface area contributed by atoms with Crippen LogP contribution in [0.15, 0.2) is 46.9 Å². The summed E-state index contributed by atoms with van der Waals surface area (Å²) in [5.74, 6) is -0.179. The molecule has 1 aromatic carbocycles. The molecule has 17 heavy (non-hydrogen) atoms. The summed E-state index contributed by atoms with van der Waals surface area (Å²) < 4.78 is 1.10. The lowest BCUT2D eigenvalue weighted by Gasteiger charge is -1.97. The Morgan fingerprint density at radius 2 is 2.12 bits per heavy atom. The van der Waals surface area contributed by atoms with Crippen LogP contribution < -0.4 is 5.43 Å². The zero-order valence-corrected chi connectivity index (χ0v) is 11.7. The summed E-state index contributed by atoms with van der Waals surface area (Å²) >= 11 is 3.62. The third-order valence-electron chi connectivity index (χ3n) is 2.02. The van der Waals surface area contributed by atoms with Gasteiger partial charge in [0.05, 0.1) is 11.1 Å². The van der Waals surface area contributed by atoms with E-state index < -0.39 is 0 Å². The van der Waals surface area contributed by atoms with Crippen molar-refractivity contribution in [1.29, 1.82) is 0 Å². The van der Waals surface area contributed by atoms with Gasteiger partial charge in [-0.2, -0.15) is 5.10 Å². The van der Waals surface area contributed by atoms with Crippen molar-refractivity contribution in [2.45, 2.75) is 0 Å². The number of nitrogens with zero attached hydrogens (tertiary/aromatic N) is 1. The summed E-state index contributed by atoms with van der Waals surface area (Å²) in [4.78, 5) is 12.2. The van der Waals surface area contributed by atoms with Crippen molar-refractivity contribution in [1.82, 2.24) is 5.43 Å². The number of benzene rings is 1. The number of hydrazone groups is 1. The van der Waals surface area contributed by atoms with E-state index in [1.54, 1.807) is 12.3 Å². The molecule has 3 nitrogen and oxygen atoms in total. The largest absolute Gasteiger partial charge is 0.281 e. The van der Waals surface area contributed by atoms with E-state index in [4.69, 9.17) is 0 Å². The maximum atomic E-state index is 11.6. The lowest BCUT2D eigenvalue weighted by Crippen LogP contribution is -2.16. The first-order valence-corrected chi connectivity index (χ1v) is 6.84. The fourth-order valence-electron chi connectivity index (χ4n) is 1.20. The van der Waals surface area contributed by atoms with Gasteiger partial charge in [0.15, 0.2) is 0 Å². The van der Waals surface area contributed by atoms with Gasteiger partial charge in [-0.05, 0) is 40.1 Å². The van der Waals surface area contributed by atoms with Crippen molar-refractivity contribution in [3.05, 3.63) is 55.8 Å². The van der Waals surface area contributed by atoms with Crippen molar-refractivity contribution in [2.75, 3.05) is 0 Å². The first-order valence-electron chi connectivity index (χ1n) is 4.89. The highest BCUT2D eigenvalue weighted by Crippen LogP contribution is 2.09. The van der Waals surface area contributed by atoms with Gasteiger partial charge in [0.25, 0.3) is 5.91 Å². The molecule has 0 spiro atoms. The van der Waals surface area contributed by atoms with Crippen molar-refractivity contribution in [2.24, 2.45) is 5.10 Å². The van der Waals surface area contributed by atoms with Gasteiger partial charge in [0, 0.05) is 9.13 Å². The summed E-state index contributed by atoms with van der Waals surface area (Å²) in [5, 5.41) is 5.80. The molecule has 0 unspecified atom stereocenters. The van der Waals surface area contributed by atoms with Crippen molar-refractivity contribution < 1.29 is 4.79 Å². The quantitative estimate of drug-likeness (QED) is 0.513. The molecular weight excluding hydrogens is 347 g/mol. The highest BCUT2D eigenvalue weighted by Gasteiger charge is 2.03. The van der Waals surface area contributed by atoms with Gasteiger partial charge in [-0.1, -0.05) is 24.3 Å². The van der Waals surface area contributed by atoms with Gasteiger partial charge in [-0.3, -0.25) is 4.79 Å². The molecule has 2 rings (SSSR count). The van der Waals surface area contributed by atoms with Crippen LogP contribution >= 0.6 is 33.9 Å². The smallest absolute Gasteiger partial charge is 0.266 e. The second kappa shape index (κ2) is 5.92. The lowest BCUT2D eigenvalue weighted by atomic mass is 10.2. The summed E-state index contributed by atoms with van der Waals surface area (Å²) in [5.41, 5.74) is 3.48. The number of hydrogen-bond donors (Lipinski definition) is 1. The molecule has 1 amide bonds. The molecule has 5 heteroatoms. The number of rotatable bonds is 3. The highest BCUT2D eigenvalue weighted by molar-refractivity contribution is 14.1. The molecule has 0 aliphatic rings. The number of hydrogen-bond acceptors (Lipinski definition) is 3. The lowest BCUT2D eigenvalue weighted by molar-refractivity contribution is 0.0959. The van der Waals surface area contributed by atoms with Crippen molar-refractivity contribution >= 4 is 46.0 Å². The van der Waals surface area contributed by atoms with E-state index in [0.29, 0.717) is 4.88 Å². The Kier molecular flexibility index (Phi) is 4.27. The van der Waals surface area contributed by atoms with Crippen LogP contribution in [0.2, 0.25) is 0 Å². The van der Waals surface area contributed by atoms with E-state index in [2.05, 4.69) is 33.1 Å². The Bertz CT molecular complexity index is 537. The average Bonchev–Trinajstić information content (AvgIpc) is 2.85. The predicted molar refractivity (Wildman–Crippen MR) is 78.5 cm³/mol. The number of halogens is 1. The van der Waals surface area contributed by atoms with Crippen LogP contribution in [-0.2, 0) is 0 Å². The van der Waals surface area contributed by atoms with E-state index in [0.717, 1.165) is 9.13 Å². The molecule has 1 aromatic heterocycles. The van der Waals surface area contributed by atoms with Crippen LogP contribution in [0.25, 0.3) is 0 Å². The van der Waals surface area contributed by atoms with Gasteiger partial charge in [-0.25, -0.2) is 5.43 Å². The van der Waals surface area contributed by atoms with Gasteiger partial charge in [0.2, 0.25) is 0 Å². The third kappa shape index (κ3) is 3.37. The topological polar surface area (TPSA) is 41.5 Å². The Balaban J connectivity index is 1.99. The first kappa shape index (κ1) is 12.3. The summed E-state index contributed by atoms with van der Waals surface area (Å²) in [6.45, 7) is 0. The normalized spacial score (nSPS) is 10.6. The minimum atomic E-state index is -0.179. The van der Waals surface area contributed by atoms with Crippen LogP contribution in [-0.4, -0.2) is 12.1 Å². The number of carbonyl (C=O) groups is 1. The molecule has 0 saturated heterocycles. The van der Waals surface area contributed by atoms with Crippen LogP contribution in [0.3, 0.4) is 0 Å². The molecule has 0 atom stereocenters. The predicted octanol–water partition coefficient (Wildman–Crippen LogP) is 3.12. The van der Waals surface area contributed by atoms with Gasteiger partial charge >= 0.3 is 0 Å². The van der Waals surface area contributed by atoms with E-state index >= 15 is 0 Å². The number of nitrogens with one attached hydrogen (secondary N) is 1. The fourth-order valence-corrected chi connectivity index (χ4v) is 2.34. The zero-order valence-electron chi connectivity index (χ0n) is 8.76. The Labute approximate surface area is 117 Å². The third-order valence-corrected chi connectivity index (χ3v) is 3.87. The molecule has 0 fully saturated rings. The van der Waals surface area contributed by atoms with E-state index in [9.17, 15) is 4.79 Å². The highest BCUT2D eigenvalue weighted by atomic mass is 127. The molecule has 1 heterocycles. The maximum absolute atomic E-state index is 11.6. The Morgan fingerprint density at radius 3 is 2.82 bits per heavy atom. The Morgan fingerprint density at radius 1 is 1.29 bits per heavy atom. The van der Waals surface area contributed by atoms with Crippen molar-refractivity contribution in [3.63, 3.8) is 0 Å². The SMILES string of the molecule is O=C(N/N=C/c1ccccc1I)c1cccs1. The Hall–Kier alpha value is -1.21. The number of carbonyl (C=O) groups excluding carboxylic acids is 1. The molecule has 1 N–H and O–H groups in total. The van der Waals surface area contributed by atoms with Crippen LogP contribution in [0.5, 0.6) is 0 Å². The minimum absolute atomic E-state index is 0.179. The molecule has 0 radical (unpaired) electrons. The van der Waals surface area contributed by atoms with Gasteiger partial charge in [-0.15, -0.1) is 11.3 Å².